The first-order chi connectivity index (χ1) is 11.6. The van der Waals surface area contributed by atoms with Crippen molar-refractivity contribution in [1.29, 1.82) is 0 Å². The van der Waals surface area contributed by atoms with Gasteiger partial charge >= 0.3 is 5.97 Å². The van der Waals surface area contributed by atoms with Crippen LogP contribution in [0.3, 0.4) is 0 Å². The zero-order valence-corrected chi connectivity index (χ0v) is 13.5. The second-order valence-corrected chi connectivity index (χ2v) is 4.88. The van der Waals surface area contributed by atoms with Gasteiger partial charge in [-0.15, -0.1) is 0 Å². The summed E-state index contributed by atoms with van der Waals surface area (Å²) in [6.07, 6.45) is 1.65. The van der Waals surface area contributed by atoms with E-state index in [1.54, 1.807) is 61.5 Å². The van der Waals surface area contributed by atoms with Gasteiger partial charge in [0.25, 0.3) is 5.91 Å². The van der Waals surface area contributed by atoms with Gasteiger partial charge in [0.1, 0.15) is 12.4 Å². The Balaban J connectivity index is 2.05. The minimum atomic E-state index is -0.419. The summed E-state index contributed by atoms with van der Waals surface area (Å²) in [4.78, 5) is 24.0. The van der Waals surface area contributed by atoms with E-state index in [4.69, 9.17) is 9.47 Å². The lowest BCUT2D eigenvalue weighted by molar-refractivity contribution is 0.0526. The van der Waals surface area contributed by atoms with Crippen molar-refractivity contribution in [2.45, 2.75) is 6.92 Å². The molecule has 1 amide bonds. The van der Waals surface area contributed by atoms with Gasteiger partial charge in [-0.25, -0.2) is 4.79 Å². The van der Waals surface area contributed by atoms with Crippen LogP contribution in [0.2, 0.25) is 0 Å². The molecule has 2 aromatic carbocycles. The van der Waals surface area contributed by atoms with Gasteiger partial charge in [0.15, 0.2) is 0 Å². The summed E-state index contributed by atoms with van der Waals surface area (Å²) in [5, 5.41) is 2.75. The highest BCUT2D eigenvalue weighted by atomic mass is 16.5. The summed E-state index contributed by atoms with van der Waals surface area (Å²) >= 11 is 0. The van der Waals surface area contributed by atoms with Gasteiger partial charge in [-0.05, 0) is 49.4 Å². The maximum absolute atomic E-state index is 12.3. The summed E-state index contributed by atoms with van der Waals surface area (Å²) in [5.74, 6) is -0.0284. The molecule has 0 aliphatic carbocycles. The van der Waals surface area contributed by atoms with E-state index in [0.717, 1.165) is 0 Å². The van der Waals surface area contributed by atoms with Crippen molar-refractivity contribution in [2.75, 3.05) is 18.5 Å². The summed E-state index contributed by atoms with van der Waals surface area (Å²) in [7, 11) is 0. The number of esters is 1. The van der Waals surface area contributed by atoms with E-state index in [9.17, 15) is 9.59 Å². The third kappa shape index (κ3) is 4.71. The Morgan fingerprint density at radius 1 is 1.12 bits per heavy atom. The van der Waals surface area contributed by atoms with Crippen LogP contribution in [0.5, 0.6) is 5.75 Å². The Bertz CT molecular complexity index is 722. The Labute approximate surface area is 140 Å². The van der Waals surface area contributed by atoms with E-state index >= 15 is 0 Å². The van der Waals surface area contributed by atoms with Crippen molar-refractivity contribution in [3.05, 3.63) is 72.3 Å². The molecule has 0 aromatic heterocycles. The maximum atomic E-state index is 12.3. The number of nitrogens with one attached hydrogen (secondary N) is 1. The fraction of sp³-hybridized carbons (Fsp3) is 0.158. The summed E-state index contributed by atoms with van der Waals surface area (Å²) in [6, 6.07) is 13.4. The smallest absolute Gasteiger partial charge is 0.338 e. The molecule has 2 aromatic rings. The van der Waals surface area contributed by atoms with Crippen LogP contribution < -0.4 is 10.1 Å². The highest BCUT2D eigenvalue weighted by Gasteiger charge is 2.10. The number of rotatable bonds is 7. The molecule has 0 saturated carbocycles. The van der Waals surface area contributed by atoms with Gasteiger partial charge in [-0.3, -0.25) is 4.79 Å². The minimum Gasteiger partial charge on any atom is -0.490 e. The first kappa shape index (κ1) is 17.3. The molecule has 0 aliphatic rings. The van der Waals surface area contributed by atoms with E-state index in [1.165, 1.54) is 0 Å². The van der Waals surface area contributed by atoms with E-state index in [2.05, 4.69) is 11.9 Å². The Hall–Kier alpha value is -3.08. The molecule has 5 nitrogen and oxygen atoms in total. The Kier molecular flexibility index (Phi) is 6.14. The predicted molar refractivity (Wildman–Crippen MR) is 92.5 cm³/mol. The summed E-state index contributed by atoms with van der Waals surface area (Å²) < 4.78 is 10.3. The Morgan fingerprint density at radius 3 is 2.54 bits per heavy atom. The van der Waals surface area contributed by atoms with Crippen molar-refractivity contribution in [2.24, 2.45) is 0 Å². The van der Waals surface area contributed by atoms with Crippen LogP contribution in [0.25, 0.3) is 0 Å². The Morgan fingerprint density at radius 2 is 1.88 bits per heavy atom. The van der Waals surface area contributed by atoms with Crippen LogP contribution in [-0.4, -0.2) is 25.1 Å². The van der Waals surface area contributed by atoms with Gasteiger partial charge in [-0.2, -0.15) is 0 Å². The second-order valence-electron chi connectivity index (χ2n) is 4.88. The third-order valence-corrected chi connectivity index (χ3v) is 3.12. The molecule has 0 atom stereocenters. The molecule has 0 bridgehead atoms. The fourth-order valence-corrected chi connectivity index (χ4v) is 2.00. The van der Waals surface area contributed by atoms with Crippen LogP contribution in [-0.2, 0) is 4.74 Å². The minimum absolute atomic E-state index is 0.272. The number of ether oxygens (including phenoxy) is 2. The number of anilines is 1. The number of hydrogen-bond donors (Lipinski definition) is 1. The van der Waals surface area contributed by atoms with Crippen LogP contribution in [0.1, 0.15) is 27.6 Å². The zero-order valence-electron chi connectivity index (χ0n) is 13.5. The van der Waals surface area contributed by atoms with Gasteiger partial charge in [-0.1, -0.05) is 18.7 Å². The monoisotopic (exact) mass is 325 g/mol. The molecular weight excluding hydrogens is 306 g/mol. The molecule has 0 fully saturated rings. The summed E-state index contributed by atoms with van der Waals surface area (Å²) in [5.41, 5.74) is 1.41. The maximum Gasteiger partial charge on any atom is 0.338 e. The zero-order chi connectivity index (χ0) is 17.4. The molecule has 0 aliphatic heterocycles. The van der Waals surface area contributed by atoms with Crippen molar-refractivity contribution in [3.8, 4) is 5.75 Å². The average molecular weight is 325 g/mol. The van der Waals surface area contributed by atoms with E-state index in [1.807, 2.05) is 0 Å². The van der Waals surface area contributed by atoms with E-state index in [0.29, 0.717) is 35.8 Å². The molecule has 24 heavy (non-hydrogen) atoms. The van der Waals surface area contributed by atoms with Crippen molar-refractivity contribution in [3.63, 3.8) is 0 Å². The lowest BCUT2D eigenvalue weighted by Gasteiger charge is -2.08. The van der Waals surface area contributed by atoms with Crippen LogP contribution in [0.4, 0.5) is 5.69 Å². The highest BCUT2D eigenvalue weighted by Crippen LogP contribution is 2.16. The number of carbonyl (C=O) groups excluding carboxylic acids is 2. The molecule has 0 heterocycles. The molecule has 0 unspecified atom stereocenters. The lowest BCUT2D eigenvalue weighted by Crippen LogP contribution is -2.12. The molecule has 0 spiro atoms. The number of amides is 1. The topological polar surface area (TPSA) is 64.6 Å². The van der Waals surface area contributed by atoms with Crippen LogP contribution in [0, 0.1) is 0 Å². The number of benzene rings is 2. The standard InChI is InChI=1S/C19H19NO4/c1-3-12-24-17-10-8-14(9-11-17)18(21)20-16-7-5-6-15(13-16)19(22)23-4-2/h3,5-11,13H,1,4,12H2,2H3,(H,20,21). The average Bonchev–Trinajstić information content (AvgIpc) is 2.61. The second kappa shape index (κ2) is 8.53. The van der Waals surface area contributed by atoms with Crippen molar-refractivity contribution >= 4 is 17.6 Å². The first-order valence-corrected chi connectivity index (χ1v) is 7.56. The van der Waals surface area contributed by atoms with Crippen molar-refractivity contribution in [1.82, 2.24) is 0 Å². The lowest BCUT2D eigenvalue weighted by atomic mass is 10.1. The number of hydrogen-bond acceptors (Lipinski definition) is 4. The van der Waals surface area contributed by atoms with Gasteiger partial charge in [0, 0.05) is 11.3 Å². The normalized spacial score (nSPS) is 9.88. The molecule has 0 radical (unpaired) electrons. The molecule has 1 N–H and O–H groups in total. The van der Waals surface area contributed by atoms with E-state index in [-0.39, 0.29) is 5.91 Å². The largest absolute Gasteiger partial charge is 0.490 e. The fourth-order valence-electron chi connectivity index (χ4n) is 2.00. The SMILES string of the molecule is C=CCOc1ccc(C(=O)Nc2cccc(C(=O)OCC)c2)cc1. The molecule has 2 rings (SSSR count). The van der Waals surface area contributed by atoms with Gasteiger partial charge < -0.3 is 14.8 Å². The molecule has 124 valence electrons. The van der Waals surface area contributed by atoms with E-state index < -0.39 is 5.97 Å². The summed E-state index contributed by atoms with van der Waals surface area (Å²) in [6.45, 7) is 6.03. The number of carbonyl (C=O) groups is 2. The third-order valence-electron chi connectivity index (χ3n) is 3.12. The van der Waals surface area contributed by atoms with Gasteiger partial charge in [0.2, 0.25) is 0 Å². The quantitative estimate of drug-likeness (QED) is 0.623. The molecule has 0 saturated heterocycles. The highest BCUT2D eigenvalue weighted by molar-refractivity contribution is 6.04. The van der Waals surface area contributed by atoms with Crippen LogP contribution >= 0.6 is 0 Å². The van der Waals surface area contributed by atoms with Crippen LogP contribution in [0.15, 0.2) is 61.2 Å². The predicted octanol–water partition coefficient (Wildman–Crippen LogP) is 3.68. The van der Waals surface area contributed by atoms with Gasteiger partial charge in [0.05, 0.1) is 12.2 Å². The van der Waals surface area contributed by atoms with Crippen molar-refractivity contribution < 1.29 is 19.1 Å². The first-order valence-electron chi connectivity index (χ1n) is 7.56. The molecule has 5 heteroatoms. The molecular formula is C19H19NO4.